The van der Waals surface area contributed by atoms with Crippen LogP contribution in [0.2, 0.25) is 0 Å². The molecule has 0 aliphatic carbocycles. The minimum absolute atomic E-state index is 0.299. The highest BCUT2D eigenvalue weighted by atomic mass is 79.9. The van der Waals surface area contributed by atoms with E-state index in [0.29, 0.717) is 0 Å². The summed E-state index contributed by atoms with van der Waals surface area (Å²) in [6.07, 6.45) is 14.2. The summed E-state index contributed by atoms with van der Waals surface area (Å²) in [5, 5.41) is 3.96. The Morgan fingerprint density at radius 1 is 0.731 bits per heavy atom. The number of hydrogen-bond acceptors (Lipinski definition) is 2. The molecule has 3 nitrogen and oxygen atoms in total. The van der Waals surface area contributed by atoms with Gasteiger partial charge in [0.1, 0.15) is 5.60 Å². The number of alkyl carbamates (subject to hydrolysis) is 1. The summed E-state index contributed by atoms with van der Waals surface area (Å²) in [7, 11) is 0. The summed E-state index contributed by atoms with van der Waals surface area (Å²) in [6, 6.07) is 0. The predicted molar refractivity (Wildman–Crippen MR) is 122 cm³/mol. The number of halogens is 1. The van der Waals surface area contributed by atoms with Crippen LogP contribution in [0.4, 0.5) is 4.79 Å². The molecule has 0 saturated carbocycles. The van der Waals surface area contributed by atoms with E-state index in [2.05, 4.69) is 21.2 Å². The Morgan fingerprint density at radius 3 is 1.42 bits per heavy atom. The van der Waals surface area contributed by atoms with Gasteiger partial charge in [-0.05, 0) is 33.6 Å². The molecule has 1 N–H and O–H groups in total. The molecule has 0 fully saturated rings. The summed E-state index contributed by atoms with van der Waals surface area (Å²) in [6.45, 7) is 14.4. The van der Waals surface area contributed by atoms with E-state index in [1.165, 1.54) is 64.2 Å². The number of carbonyl (C=O) groups is 1. The topological polar surface area (TPSA) is 38.3 Å². The highest BCUT2D eigenvalue weighted by molar-refractivity contribution is 9.09. The standard InChI is InChI=1S/C18H36BrNO2.2C2H6/c1-18(2,3)22-17(21)20-16-14-12-10-8-6-4-5-7-9-11-13-15-19;2*1-2/h4-16H2,1-3H3,(H,20,21);2*1-2H3. The van der Waals surface area contributed by atoms with Crippen molar-refractivity contribution in [3.63, 3.8) is 0 Å². The Labute approximate surface area is 173 Å². The van der Waals surface area contributed by atoms with Crippen molar-refractivity contribution < 1.29 is 9.53 Å². The summed E-state index contributed by atoms with van der Waals surface area (Å²) in [5.41, 5.74) is -0.404. The van der Waals surface area contributed by atoms with Crippen molar-refractivity contribution in [1.82, 2.24) is 5.32 Å². The van der Waals surface area contributed by atoms with Crippen molar-refractivity contribution in [1.29, 1.82) is 0 Å². The molecule has 0 aromatic heterocycles. The average Bonchev–Trinajstić information content (AvgIpc) is 2.61. The number of unbranched alkanes of at least 4 members (excludes halogenated alkanes) is 10. The maximum atomic E-state index is 11.4. The van der Waals surface area contributed by atoms with E-state index in [1.54, 1.807) is 0 Å². The van der Waals surface area contributed by atoms with Gasteiger partial charge in [-0.25, -0.2) is 4.79 Å². The molecule has 0 aliphatic rings. The van der Waals surface area contributed by atoms with Gasteiger partial charge < -0.3 is 10.1 Å². The fraction of sp³-hybridized carbons (Fsp3) is 0.955. The first-order valence-corrected chi connectivity index (χ1v) is 12.1. The van der Waals surface area contributed by atoms with Crippen LogP contribution in [-0.4, -0.2) is 23.6 Å². The molecule has 0 heterocycles. The van der Waals surface area contributed by atoms with Crippen molar-refractivity contribution in [3.8, 4) is 0 Å². The molecular formula is C22H48BrNO2. The van der Waals surface area contributed by atoms with Gasteiger partial charge in [-0.2, -0.15) is 0 Å². The highest BCUT2D eigenvalue weighted by Crippen LogP contribution is 2.11. The van der Waals surface area contributed by atoms with Crippen LogP contribution in [0.25, 0.3) is 0 Å². The lowest BCUT2D eigenvalue weighted by molar-refractivity contribution is 0.0527. The van der Waals surface area contributed by atoms with E-state index in [4.69, 9.17) is 4.74 Å². The zero-order valence-electron chi connectivity index (χ0n) is 18.9. The minimum Gasteiger partial charge on any atom is -0.444 e. The van der Waals surface area contributed by atoms with Gasteiger partial charge in [0, 0.05) is 11.9 Å². The Morgan fingerprint density at radius 2 is 1.08 bits per heavy atom. The lowest BCUT2D eigenvalue weighted by Gasteiger charge is -2.19. The molecule has 0 unspecified atom stereocenters. The van der Waals surface area contributed by atoms with Gasteiger partial charge in [0.05, 0.1) is 0 Å². The average molecular weight is 439 g/mol. The smallest absolute Gasteiger partial charge is 0.407 e. The molecule has 0 aromatic carbocycles. The van der Waals surface area contributed by atoms with Crippen LogP contribution in [0.3, 0.4) is 0 Å². The lowest BCUT2D eigenvalue weighted by atomic mass is 10.1. The second-order valence-electron chi connectivity index (χ2n) is 7.01. The zero-order chi connectivity index (χ0) is 20.7. The zero-order valence-corrected chi connectivity index (χ0v) is 20.5. The van der Waals surface area contributed by atoms with Gasteiger partial charge in [-0.3, -0.25) is 0 Å². The molecule has 0 spiro atoms. The normalized spacial score (nSPS) is 10.2. The molecule has 0 aromatic rings. The Bertz CT molecular complexity index is 265. The Balaban J connectivity index is -0.00000123. The van der Waals surface area contributed by atoms with Crippen LogP contribution < -0.4 is 5.32 Å². The first-order chi connectivity index (χ1) is 12.5. The summed E-state index contributed by atoms with van der Waals surface area (Å²) in [4.78, 5) is 11.4. The second kappa shape index (κ2) is 24.8. The third kappa shape index (κ3) is 31.5. The molecule has 1 amide bonds. The summed E-state index contributed by atoms with van der Waals surface area (Å²) < 4.78 is 5.19. The molecule has 160 valence electrons. The third-order valence-corrected chi connectivity index (χ3v) is 4.04. The molecule has 0 bridgehead atoms. The first-order valence-electron chi connectivity index (χ1n) is 11.0. The quantitative estimate of drug-likeness (QED) is 0.232. The van der Waals surface area contributed by atoms with Crippen LogP contribution in [0, 0.1) is 0 Å². The fourth-order valence-electron chi connectivity index (χ4n) is 2.32. The van der Waals surface area contributed by atoms with E-state index >= 15 is 0 Å². The van der Waals surface area contributed by atoms with E-state index < -0.39 is 5.60 Å². The van der Waals surface area contributed by atoms with Crippen LogP contribution in [0.15, 0.2) is 0 Å². The van der Waals surface area contributed by atoms with Gasteiger partial charge >= 0.3 is 6.09 Å². The maximum Gasteiger partial charge on any atom is 0.407 e. The monoisotopic (exact) mass is 437 g/mol. The van der Waals surface area contributed by atoms with E-state index in [-0.39, 0.29) is 6.09 Å². The van der Waals surface area contributed by atoms with Crippen LogP contribution in [0.1, 0.15) is 119 Å². The highest BCUT2D eigenvalue weighted by Gasteiger charge is 2.15. The molecule has 0 rings (SSSR count). The number of carbonyl (C=O) groups excluding carboxylic acids is 1. The SMILES string of the molecule is CC.CC.CC(C)(C)OC(=O)NCCCCCCCCCCCCCBr. The summed E-state index contributed by atoms with van der Waals surface area (Å²) >= 11 is 3.47. The lowest BCUT2D eigenvalue weighted by Crippen LogP contribution is -2.32. The van der Waals surface area contributed by atoms with Gasteiger partial charge in [-0.15, -0.1) is 0 Å². The number of rotatable bonds is 13. The predicted octanol–water partition coefficient (Wildman–Crippen LogP) is 8.25. The maximum absolute atomic E-state index is 11.4. The number of amides is 1. The molecule has 0 saturated heterocycles. The van der Waals surface area contributed by atoms with E-state index in [0.717, 1.165) is 18.3 Å². The van der Waals surface area contributed by atoms with Gasteiger partial charge in [0.15, 0.2) is 0 Å². The molecule has 0 atom stereocenters. The molecule has 0 aliphatic heterocycles. The van der Waals surface area contributed by atoms with Gasteiger partial charge in [-0.1, -0.05) is 101 Å². The van der Waals surface area contributed by atoms with Crippen molar-refractivity contribution in [2.75, 3.05) is 11.9 Å². The Kier molecular flexibility index (Phi) is 29.0. The van der Waals surface area contributed by atoms with Crippen LogP contribution >= 0.6 is 15.9 Å². The number of alkyl halides is 1. The summed E-state index contributed by atoms with van der Waals surface area (Å²) in [5.74, 6) is 0. The van der Waals surface area contributed by atoms with Gasteiger partial charge in [0.25, 0.3) is 0 Å². The van der Waals surface area contributed by atoms with Crippen LogP contribution in [0.5, 0.6) is 0 Å². The Hall–Kier alpha value is -0.250. The van der Waals surface area contributed by atoms with Crippen molar-refractivity contribution in [2.24, 2.45) is 0 Å². The van der Waals surface area contributed by atoms with E-state index in [9.17, 15) is 4.79 Å². The largest absolute Gasteiger partial charge is 0.444 e. The molecular weight excluding hydrogens is 390 g/mol. The second-order valence-corrected chi connectivity index (χ2v) is 7.80. The minimum atomic E-state index is -0.404. The molecule has 4 heteroatoms. The number of hydrogen-bond donors (Lipinski definition) is 1. The third-order valence-electron chi connectivity index (χ3n) is 3.48. The van der Waals surface area contributed by atoms with Gasteiger partial charge in [0.2, 0.25) is 0 Å². The first kappa shape index (κ1) is 30.5. The van der Waals surface area contributed by atoms with Crippen molar-refractivity contribution in [3.05, 3.63) is 0 Å². The molecule has 0 radical (unpaired) electrons. The van der Waals surface area contributed by atoms with Crippen molar-refractivity contribution in [2.45, 2.75) is 125 Å². The fourth-order valence-corrected chi connectivity index (χ4v) is 2.71. The molecule has 26 heavy (non-hydrogen) atoms. The van der Waals surface area contributed by atoms with Crippen molar-refractivity contribution >= 4 is 22.0 Å². The van der Waals surface area contributed by atoms with Crippen LogP contribution in [-0.2, 0) is 4.74 Å². The number of ether oxygens (including phenoxy) is 1. The number of nitrogens with one attached hydrogen (secondary N) is 1. The van der Waals surface area contributed by atoms with E-state index in [1.807, 2.05) is 48.5 Å².